The van der Waals surface area contributed by atoms with Gasteiger partial charge in [0.2, 0.25) is 0 Å². The van der Waals surface area contributed by atoms with Gasteiger partial charge < -0.3 is 15.6 Å². The summed E-state index contributed by atoms with van der Waals surface area (Å²) in [5.74, 6) is -0.257. The molecule has 1 fully saturated rings. The summed E-state index contributed by atoms with van der Waals surface area (Å²) in [4.78, 5) is 0. The Kier molecular flexibility index (Phi) is 3.35. The molecule has 1 atom stereocenters. The van der Waals surface area contributed by atoms with Crippen LogP contribution in [-0.2, 0) is 0 Å². The van der Waals surface area contributed by atoms with Crippen LogP contribution in [0.15, 0.2) is 18.2 Å². The molecule has 0 spiro atoms. The Balaban J connectivity index is 2.25. The molecule has 1 aromatic rings. The Labute approximate surface area is 100 Å². The van der Waals surface area contributed by atoms with Crippen LogP contribution in [0.5, 0.6) is 5.75 Å². The highest BCUT2D eigenvalue weighted by Gasteiger charge is 2.43. The monoisotopic (exact) mass is 239 g/mol. The van der Waals surface area contributed by atoms with Gasteiger partial charge in [-0.15, -0.1) is 0 Å². The number of aliphatic hydroxyl groups excluding tert-OH is 1. The van der Waals surface area contributed by atoms with Crippen molar-refractivity contribution in [1.29, 1.82) is 0 Å². The molecule has 1 unspecified atom stereocenters. The number of hydrogen-bond donors (Lipinski definition) is 2. The van der Waals surface area contributed by atoms with Gasteiger partial charge in [0.25, 0.3) is 0 Å². The van der Waals surface area contributed by atoms with Crippen LogP contribution in [0.1, 0.15) is 30.9 Å². The number of aliphatic hydroxyl groups is 1. The van der Waals surface area contributed by atoms with Crippen LogP contribution in [-0.4, -0.2) is 18.8 Å². The number of ether oxygens (including phenoxy) is 1. The highest BCUT2D eigenvalue weighted by atomic mass is 19.1. The molecule has 0 radical (unpaired) electrons. The minimum atomic E-state index is -0.693. The van der Waals surface area contributed by atoms with E-state index in [-0.39, 0.29) is 11.2 Å². The molecular formula is C13H18FNO2. The van der Waals surface area contributed by atoms with Crippen molar-refractivity contribution in [3.05, 3.63) is 29.6 Å². The van der Waals surface area contributed by atoms with Gasteiger partial charge in [0.1, 0.15) is 0 Å². The second-order valence-corrected chi connectivity index (χ2v) is 4.72. The van der Waals surface area contributed by atoms with Crippen molar-refractivity contribution in [2.75, 3.05) is 13.7 Å². The lowest BCUT2D eigenvalue weighted by Gasteiger charge is -2.44. The summed E-state index contributed by atoms with van der Waals surface area (Å²) >= 11 is 0. The molecule has 3 N–H and O–H groups in total. The smallest absolute Gasteiger partial charge is 0.165 e. The van der Waals surface area contributed by atoms with Crippen molar-refractivity contribution in [2.24, 2.45) is 11.1 Å². The summed E-state index contributed by atoms with van der Waals surface area (Å²) in [6.07, 6.45) is 2.19. The minimum Gasteiger partial charge on any atom is -0.494 e. The zero-order chi connectivity index (χ0) is 12.5. The van der Waals surface area contributed by atoms with E-state index in [0.717, 1.165) is 19.3 Å². The lowest BCUT2D eigenvalue weighted by Crippen LogP contribution is -2.42. The Bertz CT molecular complexity index is 399. The zero-order valence-electron chi connectivity index (χ0n) is 9.95. The molecule has 0 heterocycles. The molecular weight excluding hydrogens is 221 g/mol. The first-order chi connectivity index (χ1) is 8.13. The lowest BCUT2D eigenvalue weighted by atomic mass is 9.63. The van der Waals surface area contributed by atoms with E-state index in [1.165, 1.54) is 19.2 Å². The van der Waals surface area contributed by atoms with E-state index in [9.17, 15) is 9.50 Å². The summed E-state index contributed by atoms with van der Waals surface area (Å²) in [5.41, 5.74) is 6.04. The van der Waals surface area contributed by atoms with E-state index in [1.807, 2.05) is 0 Å². The third kappa shape index (κ3) is 2.03. The van der Waals surface area contributed by atoms with Crippen molar-refractivity contribution in [1.82, 2.24) is 0 Å². The minimum absolute atomic E-state index is 0.191. The predicted octanol–water partition coefficient (Wildman–Crippen LogP) is 2.00. The molecule has 2 rings (SSSR count). The normalized spacial score (nSPS) is 19.5. The predicted molar refractivity (Wildman–Crippen MR) is 63.3 cm³/mol. The van der Waals surface area contributed by atoms with E-state index in [4.69, 9.17) is 10.5 Å². The van der Waals surface area contributed by atoms with E-state index in [1.54, 1.807) is 6.07 Å². The number of hydrogen-bond acceptors (Lipinski definition) is 3. The highest BCUT2D eigenvalue weighted by Crippen LogP contribution is 2.49. The quantitative estimate of drug-likeness (QED) is 0.845. The average Bonchev–Trinajstić information content (AvgIpc) is 2.28. The standard InChI is InChI=1S/C13H18FNO2/c1-17-11-4-3-9(7-10(11)14)12(16)13(8-15)5-2-6-13/h3-4,7,12,16H,2,5-6,8,15H2,1H3. The molecule has 0 aliphatic heterocycles. The second-order valence-electron chi connectivity index (χ2n) is 4.72. The van der Waals surface area contributed by atoms with Crippen LogP contribution < -0.4 is 10.5 Å². The molecule has 0 aromatic heterocycles. The maximum Gasteiger partial charge on any atom is 0.165 e. The maximum absolute atomic E-state index is 13.6. The van der Waals surface area contributed by atoms with Gasteiger partial charge in [-0.25, -0.2) is 4.39 Å². The molecule has 17 heavy (non-hydrogen) atoms. The molecule has 1 saturated carbocycles. The summed E-state index contributed by atoms with van der Waals surface area (Å²) in [7, 11) is 1.42. The number of halogens is 1. The van der Waals surface area contributed by atoms with Crippen molar-refractivity contribution in [3.63, 3.8) is 0 Å². The fourth-order valence-corrected chi connectivity index (χ4v) is 2.43. The van der Waals surface area contributed by atoms with Gasteiger partial charge in [0.15, 0.2) is 11.6 Å². The van der Waals surface area contributed by atoms with Crippen LogP contribution in [0.4, 0.5) is 4.39 Å². The number of benzene rings is 1. The number of rotatable bonds is 4. The van der Waals surface area contributed by atoms with Gasteiger partial charge in [-0.05, 0) is 30.5 Å². The molecule has 94 valence electrons. The summed E-state index contributed by atoms with van der Waals surface area (Å²) in [6, 6.07) is 4.57. The Morgan fingerprint density at radius 3 is 2.65 bits per heavy atom. The summed E-state index contributed by atoms with van der Waals surface area (Å²) in [6.45, 7) is 0.432. The largest absolute Gasteiger partial charge is 0.494 e. The molecule has 0 bridgehead atoms. The molecule has 4 heteroatoms. The molecule has 0 amide bonds. The van der Waals surface area contributed by atoms with Crippen molar-refractivity contribution in [2.45, 2.75) is 25.4 Å². The maximum atomic E-state index is 13.6. The van der Waals surface area contributed by atoms with Gasteiger partial charge >= 0.3 is 0 Å². The Morgan fingerprint density at radius 1 is 1.53 bits per heavy atom. The van der Waals surface area contributed by atoms with Crippen LogP contribution >= 0.6 is 0 Å². The SMILES string of the molecule is COc1ccc(C(O)C2(CN)CCC2)cc1F. The topological polar surface area (TPSA) is 55.5 Å². The zero-order valence-corrected chi connectivity index (χ0v) is 9.95. The fourth-order valence-electron chi connectivity index (χ4n) is 2.43. The van der Waals surface area contributed by atoms with Crippen LogP contribution in [0.25, 0.3) is 0 Å². The van der Waals surface area contributed by atoms with Crippen LogP contribution in [0, 0.1) is 11.2 Å². The van der Waals surface area contributed by atoms with Gasteiger partial charge in [0, 0.05) is 12.0 Å². The molecule has 1 aliphatic carbocycles. The third-order valence-electron chi connectivity index (χ3n) is 3.83. The summed E-state index contributed by atoms with van der Waals surface area (Å²) in [5, 5.41) is 10.3. The van der Waals surface area contributed by atoms with Crippen LogP contribution in [0.3, 0.4) is 0 Å². The summed E-state index contributed by atoms with van der Waals surface area (Å²) < 4.78 is 18.4. The number of methoxy groups -OCH3 is 1. The first-order valence-electron chi connectivity index (χ1n) is 5.84. The molecule has 0 saturated heterocycles. The first kappa shape index (κ1) is 12.3. The van der Waals surface area contributed by atoms with E-state index >= 15 is 0 Å². The third-order valence-corrected chi connectivity index (χ3v) is 3.83. The molecule has 3 nitrogen and oxygen atoms in total. The average molecular weight is 239 g/mol. The second kappa shape index (κ2) is 4.63. The van der Waals surface area contributed by atoms with Gasteiger partial charge in [0.05, 0.1) is 13.2 Å². The first-order valence-corrected chi connectivity index (χ1v) is 5.84. The van der Waals surface area contributed by atoms with E-state index in [0.29, 0.717) is 12.1 Å². The number of nitrogens with two attached hydrogens (primary N) is 1. The lowest BCUT2D eigenvalue weighted by molar-refractivity contribution is -0.0298. The van der Waals surface area contributed by atoms with E-state index in [2.05, 4.69) is 0 Å². The van der Waals surface area contributed by atoms with Gasteiger partial charge in [-0.2, -0.15) is 0 Å². The van der Waals surface area contributed by atoms with Crippen molar-refractivity contribution < 1.29 is 14.2 Å². The Hall–Kier alpha value is -1.13. The van der Waals surface area contributed by atoms with Crippen molar-refractivity contribution >= 4 is 0 Å². The van der Waals surface area contributed by atoms with Gasteiger partial charge in [-0.1, -0.05) is 12.5 Å². The van der Waals surface area contributed by atoms with E-state index < -0.39 is 11.9 Å². The highest BCUT2D eigenvalue weighted by molar-refractivity contribution is 5.31. The Morgan fingerprint density at radius 2 is 2.24 bits per heavy atom. The molecule has 1 aliphatic rings. The van der Waals surface area contributed by atoms with Crippen LogP contribution in [0.2, 0.25) is 0 Å². The molecule has 1 aromatic carbocycles. The van der Waals surface area contributed by atoms with Gasteiger partial charge in [-0.3, -0.25) is 0 Å². The fraction of sp³-hybridized carbons (Fsp3) is 0.538. The van der Waals surface area contributed by atoms with Crippen molar-refractivity contribution in [3.8, 4) is 5.75 Å².